The number of methoxy groups -OCH3 is 2. The van der Waals surface area contributed by atoms with E-state index in [-0.39, 0.29) is 12.8 Å². The minimum atomic E-state index is -2.51. The van der Waals surface area contributed by atoms with Gasteiger partial charge in [-0.3, -0.25) is 0 Å². The molecule has 0 aromatic rings. The van der Waals surface area contributed by atoms with Gasteiger partial charge in [0, 0.05) is 18.8 Å². The zero-order valence-corrected chi connectivity index (χ0v) is 9.92. The fraction of sp³-hybridized carbons (Fsp3) is 0.750. The van der Waals surface area contributed by atoms with Crippen LogP contribution >= 0.6 is 8.25 Å². The van der Waals surface area contributed by atoms with Crippen LogP contribution in [0, 0.1) is 0 Å². The van der Waals surface area contributed by atoms with Crippen molar-refractivity contribution < 1.29 is 32.7 Å². The summed E-state index contributed by atoms with van der Waals surface area (Å²) >= 11 is 0. The van der Waals surface area contributed by atoms with Crippen molar-refractivity contribution in [3.8, 4) is 0 Å². The molecule has 8 heteroatoms. The van der Waals surface area contributed by atoms with Crippen LogP contribution < -0.4 is 0 Å². The standard InChI is InChI=1S/C8H14O7P/c1-12-7(3-5-9)14-16(11)15-8(13-2)4-6-10/h5-8H,3-4H2,1-2H3/q+1. The lowest BCUT2D eigenvalue weighted by Crippen LogP contribution is -2.16. The molecule has 0 aromatic heterocycles. The van der Waals surface area contributed by atoms with E-state index in [0.29, 0.717) is 12.6 Å². The van der Waals surface area contributed by atoms with Crippen LogP contribution in [-0.2, 0) is 32.7 Å². The van der Waals surface area contributed by atoms with Crippen molar-refractivity contribution in [1.82, 2.24) is 0 Å². The summed E-state index contributed by atoms with van der Waals surface area (Å²) in [6.45, 7) is 0. The number of aldehydes is 2. The maximum Gasteiger partial charge on any atom is 0.702 e. The molecule has 0 heterocycles. The van der Waals surface area contributed by atoms with Gasteiger partial charge in [-0.1, -0.05) is 9.05 Å². The van der Waals surface area contributed by atoms with E-state index in [1.807, 2.05) is 0 Å². The van der Waals surface area contributed by atoms with Gasteiger partial charge in [0.2, 0.25) is 12.6 Å². The molecule has 2 atom stereocenters. The summed E-state index contributed by atoms with van der Waals surface area (Å²) < 4.78 is 30.2. The Labute approximate surface area is 93.9 Å². The van der Waals surface area contributed by atoms with Gasteiger partial charge in [-0.05, 0) is 0 Å². The molecule has 0 fully saturated rings. The zero-order chi connectivity index (χ0) is 12.4. The topological polar surface area (TPSA) is 88.1 Å². The minimum Gasteiger partial charge on any atom is -0.351 e. The molecule has 0 aliphatic heterocycles. The Morgan fingerprint density at radius 3 is 1.62 bits per heavy atom. The van der Waals surface area contributed by atoms with Gasteiger partial charge >= 0.3 is 8.25 Å². The van der Waals surface area contributed by atoms with Crippen molar-refractivity contribution >= 4 is 20.8 Å². The number of hydrogen-bond acceptors (Lipinski definition) is 7. The van der Waals surface area contributed by atoms with Crippen molar-refractivity contribution in [2.45, 2.75) is 25.4 Å². The van der Waals surface area contributed by atoms with E-state index in [0.717, 1.165) is 0 Å². The van der Waals surface area contributed by atoms with Crippen LogP contribution in [0.5, 0.6) is 0 Å². The Balaban J connectivity index is 4.02. The smallest absolute Gasteiger partial charge is 0.351 e. The average Bonchev–Trinajstić information content (AvgIpc) is 2.27. The first-order chi connectivity index (χ1) is 7.67. The third-order valence-electron chi connectivity index (χ3n) is 1.51. The summed E-state index contributed by atoms with van der Waals surface area (Å²) in [5, 5.41) is 0. The van der Waals surface area contributed by atoms with Crippen molar-refractivity contribution in [2.24, 2.45) is 0 Å². The second kappa shape index (κ2) is 9.50. The summed E-state index contributed by atoms with van der Waals surface area (Å²) in [5.41, 5.74) is 0. The van der Waals surface area contributed by atoms with E-state index in [1.165, 1.54) is 14.2 Å². The van der Waals surface area contributed by atoms with Crippen LogP contribution in [0.1, 0.15) is 12.8 Å². The van der Waals surface area contributed by atoms with Crippen molar-refractivity contribution in [1.29, 1.82) is 0 Å². The van der Waals surface area contributed by atoms with Crippen LogP contribution in [0.4, 0.5) is 0 Å². The first kappa shape index (κ1) is 15.3. The van der Waals surface area contributed by atoms with Crippen LogP contribution in [0.25, 0.3) is 0 Å². The average molecular weight is 253 g/mol. The molecule has 0 aliphatic carbocycles. The molecule has 0 bridgehead atoms. The predicted octanol–water partition coefficient (Wildman–Crippen LogP) is 0.800. The van der Waals surface area contributed by atoms with E-state index in [4.69, 9.17) is 18.5 Å². The summed E-state index contributed by atoms with van der Waals surface area (Å²) in [6, 6.07) is 0. The maximum absolute atomic E-state index is 11.2. The zero-order valence-electron chi connectivity index (χ0n) is 9.03. The molecule has 0 spiro atoms. The Morgan fingerprint density at radius 2 is 1.38 bits per heavy atom. The molecular weight excluding hydrogens is 239 g/mol. The lowest BCUT2D eigenvalue weighted by Gasteiger charge is -2.06. The number of hydrogen-bond donors (Lipinski definition) is 0. The second-order valence-corrected chi connectivity index (χ2v) is 3.44. The number of ether oxygens (including phenoxy) is 2. The number of carbonyl (C=O) groups is 2. The molecule has 0 aliphatic rings. The number of carbonyl (C=O) groups excluding carboxylic acids is 2. The Morgan fingerprint density at radius 1 is 1.00 bits per heavy atom. The van der Waals surface area contributed by atoms with E-state index in [1.54, 1.807) is 0 Å². The highest BCUT2D eigenvalue weighted by atomic mass is 31.1. The molecule has 92 valence electrons. The molecule has 0 amide bonds. The largest absolute Gasteiger partial charge is 0.702 e. The van der Waals surface area contributed by atoms with Gasteiger partial charge in [-0.15, -0.1) is 0 Å². The highest BCUT2D eigenvalue weighted by molar-refractivity contribution is 7.33. The van der Waals surface area contributed by atoms with Gasteiger partial charge in [0.05, 0.1) is 12.8 Å². The van der Waals surface area contributed by atoms with Gasteiger partial charge in [0.1, 0.15) is 12.6 Å². The van der Waals surface area contributed by atoms with Gasteiger partial charge < -0.3 is 19.1 Å². The fourth-order valence-corrected chi connectivity index (χ4v) is 1.52. The van der Waals surface area contributed by atoms with Gasteiger partial charge in [-0.2, -0.15) is 0 Å². The van der Waals surface area contributed by atoms with Gasteiger partial charge in [0.25, 0.3) is 0 Å². The van der Waals surface area contributed by atoms with Gasteiger partial charge in [-0.25, -0.2) is 0 Å². The highest BCUT2D eigenvalue weighted by Gasteiger charge is 2.31. The first-order valence-electron chi connectivity index (χ1n) is 4.41. The van der Waals surface area contributed by atoms with Crippen molar-refractivity contribution in [3.05, 3.63) is 0 Å². The van der Waals surface area contributed by atoms with Crippen molar-refractivity contribution in [2.75, 3.05) is 14.2 Å². The van der Waals surface area contributed by atoms with Gasteiger partial charge in [0.15, 0.2) is 0 Å². The minimum absolute atomic E-state index is 0.0632. The van der Waals surface area contributed by atoms with Crippen LogP contribution in [0.2, 0.25) is 0 Å². The molecule has 2 unspecified atom stereocenters. The van der Waals surface area contributed by atoms with Crippen LogP contribution in [0.3, 0.4) is 0 Å². The molecule has 7 nitrogen and oxygen atoms in total. The summed E-state index contributed by atoms with van der Waals surface area (Å²) in [7, 11) is 0.0925. The third kappa shape index (κ3) is 6.71. The molecule has 16 heavy (non-hydrogen) atoms. The van der Waals surface area contributed by atoms with E-state index in [2.05, 4.69) is 0 Å². The molecule has 0 aromatic carbocycles. The van der Waals surface area contributed by atoms with E-state index >= 15 is 0 Å². The lowest BCUT2D eigenvalue weighted by atomic mass is 10.5. The first-order valence-corrected chi connectivity index (χ1v) is 5.51. The van der Waals surface area contributed by atoms with E-state index in [9.17, 15) is 14.2 Å². The second-order valence-electron chi connectivity index (χ2n) is 2.57. The quantitative estimate of drug-likeness (QED) is 0.323. The Kier molecular flexibility index (Phi) is 9.07. The normalized spacial score (nSPS) is 15.2. The Hall–Kier alpha value is -0.720. The van der Waals surface area contributed by atoms with Crippen molar-refractivity contribution in [3.63, 3.8) is 0 Å². The molecule has 0 saturated carbocycles. The Bertz CT molecular complexity index is 210. The maximum atomic E-state index is 11.2. The monoisotopic (exact) mass is 253 g/mol. The molecule has 0 rings (SSSR count). The summed E-state index contributed by atoms with van der Waals surface area (Å²) in [5.74, 6) is 0. The highest BCUT2D eigenvalue weighted by Crippen LogP contribution is 2.29. The van der Waals surface area contributed by atoms with Crippen LogP contribution in [-0.4, -0.2) is 39.4 Å². The molecule has 0 N–H and O–H groups in total. The summed E-state index contributed by atoms with van der Waals surface area (Å²) in [6.07, 6.45) is -0.865. The summed E-state index contributed by atoms with van der Waals surface area (Å²) in [4.78, 5) is 20.3. The van der Waals surface area contributed by atoms with E-state index < -0.39 is 20.8 Å². The molecular formula is C8H14O7P+. The molecule has 0 saturated heterocycles. The SMILES string of the molecule is COC(CC=O)O[P+](=O)OC(CC=O)OC. The van der Waals surface area contributed by atoms with Crippen LogP contribution in [0.15, 0.2) is 0 Å². The third-order valence-corrected chi connectivity index (χ3v) is 2.32. The predicted molar refractivity (Wildman–Crippen MR) is 52.7 cm³/mol. The molecule has 0 radical (unpaired) electrons. The lowest BCUT2D eigenvalue weighted by molar-refractivity contribution is -0.122. The fourth-order valence-electron chi connectivity index (χ4n) is 0.739. The number of rotatable bonds is 10.